The minimum atomic E-state index is -3.83. The molecule has 0 radical (unpaired) electrons. The molecule has 176 valence electrons. The summed E-state index contributed by atoms with van der Waals surface area (Å²) in [4.78, 5) is 16.9. The van der Waals surface area contributed by atoms with Gasteiger partial charge in [-0.15, -0.1) is 0 Å². The molecule has 3 aromatic rings. The van der Waals surface area contributed by atoms with Crippen LogP contribution in [0.25, 0.3) is 11.5 Å². The van der Waals surface area contributed by atoms with Crippen molar-refractivity contribution in [2.24, 2.45) is 5.92 Å². The standard InChI is InChI=1S/C21H24N4O7S/c1-13-19(14(2)31-23-13)33(27,28)25-10-4-5-16(11-25)21(26)30-12-18-22-20(32-24-18)15-6-8-17(29-3)9-7-15/h6-9,16H,4-5,10-12H2,1-3H3. The molecule has 12 heteroatoms. The summed E-state index contributed by atoms with van der Waals surface area (Å²) < 4.78 is 48.1. The zero-order chi connectivity index (χ0) is 23.6. The third-order valence-electron chi connectivity index (χ3n) is 5.43. The van der Waals surface area contributed by atoms with Crippen molar-refractivity contribution in [3.8, 4) is 17.2 Å². The van der Waals surface area contributed by atoms with E-state index in [4.69, 9.17) is 18.5 Å². The van der Waals surface area contributed by atoms with E-state index in [1.165, 1.54) is 4.31 Å². The molecule has 0 aliphatic carbocycles. The van der Waals surface area contributed by atoms with Crippen molar-refractivity contribution in [3.05, 3.63) is 41.5 Å². The third-order valence-corrected chi connectivity index (χ3v) is 7.54. The number of benzene rings is 1. The summed E-state index contributed by atoms with van der Waals surface area (Å²) in [7, 11) is -2.25. The van der Waals surface area contributed by atoms with Crippen LogP contribution in [-0.4, -0.2) is 54.2 Å². The van der Waals surface area contributed by atoms with Crippen molar-refractivity contribution in [3.63, 3.8) is 0 Å². The summed E-state index contributed by atoms with van der Waals surface area (Å²) in [5, 5.41) is 7.57. The molecule has 4 rings (SSSR count). The van der Waals surface area contributed by atoms with Gasteiger partial charge in [0.1, 0.15) is 16.3 Å². The molecule has 3 heterocycles. The minimum absolute atomic E-state index is 0.0224. The highest BCUT2D eigenvalue weighted by atomic mass is 32.2. The second kappa shape index (κ2) is 9.32. The molecule has 2 aromatic heterocycles. The van der Waals surface area contributed by atoms with E-state index in [-0.39, 0.29) is 35.5 Å². The Bertz CT molecular complexity index is 1210. The molecule has 1 saturated heterocycles. The molecule has 1 fully saturated rings. The number of carbonyl (C=O) groups excluding carboxylic acids is 1. The molecular weight excluding hydrogens is 452 g/mol. The summed E-state index contributed by atoms with van der Waals surface area (Å²) >= 11 is 0. The normalized spacial score (nSPS) is 17.1. The highest BCUT2D eigenvalue weighted by Gasteiger charge is 2.37. The number of rotatable bonds is 7. The van der Waals surface area contributed by atoms with Gasteiger partial charge in [-0.2, -0.15) is 9.29 Å². The van der Waals surface area contributed by atoms with Gasteiger partial charge in [-0.1, -0.05) is 10.3 Å². The van der Waals surface area contributed by atoms with E-state index in [1.807, 2.05) is 0 Å². The van der Waals surface area contributed by atoms with Crippen LogP contribution < -0.4 is 4.74 Å². The average Bonchev–Trinajstić information content (AvgIpc) is 3.44. The largest absolute Gasteiger partial charge is 0.497 e. The minimum Gasteiger partial charge on any atom is -0.497 e. The number of esters is 1. The van der Waals surface area contributed by atoms with E-state index in [1.54, 1.807) is 45.2 Å². The maximum Gasteiger partial charge on any atom is 0.310 e. The van der Waals surface area contributed by atoms with Crippen LogP contribution in [0, 0.1) is 19.8 Å². The van der Waals surface area contributed by atoms with E-state index in [2.05, 4.69) is 15.3 Å². The first-order chi connectivity index (χ1) is 15.8. The van der Waals surface area contributed by atoms with Gasteiger partial charge in [-0.25, -0.2) is 8.42 Å². The number of aromatic nitrogens is 3. The van der Waals surface area contributed by atoms with E-state index in [0.29, 0.717) is 36.4 Å². The molecule has 11 nitrogen and oxygen atoms in total. The van der Waals surface area contributed by atoms with Gasteiger partial charge in [-0.05, 0) is 51.0 Å². The number of hydrogen-bond acceptors (Lipinski definition) is 10. The quantitative estimate of drug-likeness (QED) is 0.467. The van der Waals surface area contributed by atoms with E-state index in [0.717, 1.165) is 0 Å². The highest BCUT2D eigenvalue weighted by Crippen LogP contribution is 2.28. The van der Waals surface area contributed by atoms with Crippen molar-refractivity contribution >= 4 is 16.0 Å². The summed E-state index contributed by atoms with van der Waals surface area (Å²) in [5.74, 6) is 0.321. The lowest BCUT2D eigenvalue weighted by Gasteiger charge is -2.30. The van der Waals surface area contributed by atoms with E-state index >= 15 is 0 Å². The Kier molecular flexibility index (Phi) is 6.47. The highest BCUT2D eigenvalue weighted by molar-refractivity contribution is 7.89. The maximum absolute atomic E-state index is 13.0. The fraction of sp³-hybridized carbons (Fsp3) is 0.429. The molecule has 1 unspecified atom stereocenters. The topological polar surface area (TPSA) is 138 Å². The van der Waals surface area contributed by atoms with Gasteiger partial charge in [0.05, 0.1) is 13.0 Å². The Morgan fingerprint density at radius 3 is 2.61 bits per heavy atom. The Balaban J connectivity index is 1.37. The van der Waals surface area contributed by atoms with Crippen LogP contribution in [0.1, 0.15) is 30.1 Å². The molecule has 1 aliphatic rings. The third kappa shape index (κ3) is 4.76. The fourth-order valence-electron chi connectivity index (χ4n) is 3.74. The number of piperidine rings is 1. The summed E-state index contributed by atoms with van der Waals surface area (Å²) in [6, 6.07) is 7.09. The zero-order valence-electron chi connectivity index (χ0n) is 18.5. The lowest BCUT2D eigenvalue weighted by atomic mass is 10.0. The molecule has 0 N–H and O–H groups in total. The van der Waals surface area contributed by atoms with Crippen molar-refractivity contribution in [1.29, 1.82) is 0 Å². The molecule has 0 bridgehead atoms. The van der Waals surface area contributed by atoms with Gasteiger partial charge in [0.15, 0.2) is 12.4 Å². The number of hydrogen-bond donors (Lipinski definition) is 0. The van der Waals surface area contributed by atoms with Gasteiger partial charge in [0.25, 0.3) is 5.89 Å². The Morgan fingerprint density at radius 2 is 1.94 bits per heavy atom. The predicted molar refractivity (Wildman–Crippen MR) is 114 cm³/mol. The van der Waals surface area contributed by atoms with Crippen LogP contribution >= 0.6 is 0 Å². The molecule has 0 saturated carbocycles. The van der Waals surface area contributed by atoms with E-state index < -0.39 is 21.9 Å². The number of sulfonamides is 1. The molecule has 1 aliphatic heterocycles. The smallest absolute Gasteiger partial charge is 0.310 e. The van der Waals surface area contributed by atoms with Crippen molar-refractivity contribution in [2.75, 3.05) is 20.2 Å². The zero-order valence-corrected chi connectivity index (χ0v) is 19.3. The van der Waals surface area contributed by atoms with Crippen LogP contribution in [0.2, 0.25) is 0 Å². The Morgan fingerprint density at radius 1 is 1.18 bits per heavy atom. The van der Waals surface area contributed by atoms with Crippen LogP contribution in [0.5, 0.6) is 5.75 Å². The van der Waals surface area contributed by atoms with E-state index in [9.17, 15) is 13.2 Å². The number of carbonyl (C=O) groups is 1. The Hall–Kier alpha value is -3.25. The van der Waals surface area contributed by atoms with Crippen molar-refractivity contribution in [2.45, 2.75) is 38.2 Å². The summed E-state index contributed by atoms with van der Waals surface area (Å²) in [6.45, 7) is 3.28. The Labute approximate surface area is 190 Å². The first kappa shape index (κ1) is 22.9. The molecular formula is C21H24N4O7S. The van der Waals surface area contributed by atoms with Crippen LogP contribution in [-0.2, 0) is 26.2 Å². The predicted octanol–water partition coefficient (Wildman–Crippen LogP) is 2.49. The van der Waals surface area contributed by atoms with Gasteiger partial charge >= 0.3 is 5.97 Å². The first-order valence-electron chi connectivity index (χ1n) is 10.4. The van der Waals surface area contributed by atoms with Gasteiger partial charge < -0.3 is 18.5 Å². The van der Waals surface area contributed by atoms with Gasteiger partial charge in [0, 0.05) is 18.7 Å². The molecule has 0 amide bonds. The first-order valence-corrected chi connectivity index (χ1v) is 11.8. The van der Waals surface area contributed by atoms with Crippen LogP contribution in [0.15, 0.2) is 38.2 Å². The number of methoxy groups -OCH3 is 1. The molecule has 33 heavy (non-hydrogen) atoms. The van der Waals surface area contributed by atoms with Crippen LogP contribution in [0.4, 0.5) is 0 Å². The average molecular weight is 477 g/mol. The number of ether oxygens (including phenoxy) is 2. The second-order valence-electron chi connectivity index (χ2n) is 7.71. The maximum atomic E-state index is 13.0. The van der Waals surface area contributed by atoms with Crippen molar-refractivity contribution in [1.82, 2.24) is 19.6 Å². The monoisotopic (exact) mass is 476 g/mol. The van der Waals surface area contributed by atoms with Crippen LogP contribution in [0.3, 0.4) is 0 Å². The molecule has 1 atom stereocenters. The number of nitrogens with zero attached hydrogens (tertiary/aromatic N) is 4. The fourth-order valence-corrected chi connectivity index (χ4v) is 5.56. The molecule has 1 aromatic carbocycles. The molecule has 0 spiro atoms. The van der Waals surface area contributed by atoms with Gasteiger partial charge in [-0.3, -0.25) is 4.79 Å². The van der Waals surface area contributed by atoms with Gasteiger partial charge in [0.2, 0.25) is 15.8 Å². The lowest BCUT2D eigenvalue weighted by molar-refractivity contribution is -0.151. The second-order valence-corrected chi connectivity index (χ2v) is 9.58. The lowest BCUT2D eigenvalue weighted by Crippen LogP contribution is -2.43. The summed E-state index contributed by atoms with van der Waals surface area (Å²) in [5.41, 5.74) is 0.996. The number of aryl methyl sites for hydroxylation is 2. The SMILES string of the molecule is COc1ccc(-c2nc(COC(=O)C3CCCN(S(=O)(=O)c4c(C)noc4C)C3)no2)cc1. The summed E-state index contributed by atoms with van der Waals surface area (Å²) in [6.07, 6.45) is 1.06. The van der Waals surface area contributed by atoms with Crippen molar-refractivity contribution < 1.29 is 31.7 Å².